The molecule has 3 aromatic rings. The number of hydrogen-bond acceptors (Lipinski definition) is 16. The Morgan fingerprint density at radius 3 is 1.93 bits per heavy atom. The fourth-order valence-electron chi connectivity index (χ4n) is 11.3. The molecule has 0 spiro atoms. The van der Waals surface area contributed by atoms with Crippen LogP contribution in [0.1, 0.15) is 99.6 Å². The molecule has 4 fully saturated rings. The van der Waals surface area contributed by atoms with Gasteiger partial charge in [-0.05, 0) is 67.7 Å². The van der Waals surface area contributed by atoms with E-state index in [9.17, 15) is 34.2 Å². The van der Waals surface area contributed by atoms with Crippen molar-refractivity contribution in [1.82, 2.24) is 5.32 Å². The molecule has 8 rings (SSSR count). The van der Waals surface area contributed by atoms with Gasteiger partial charge >= 0.3 is 29.8 Å². The van der Waals surface area contributed by atoms with Gasteiger partial charge in [0, 0.05) is 44.8 Å². The van der Waals surface area contributed by atoms with Crippen molar-refractivity contribution in [3.8, 4) is 0 Å². The highest BCUT2D eigenvalue weighted by atomic mass is 16.6. The van der Waals surface area contributed by atoms with Crippen LogP contribution in [0.3, 0.4) is 0 Å². The maximum atomic E-state index is 15.7. The summed E-state index contributed by atoms with van der Waals surface area (Å²) in [5.41, 5.74) is -8.65. The molecule has 0 aromatic heterocycles. The van der Waals surface area contributed by atoms with E-state index in [0.717, 1.165) is 13.8 Å². The number of amides is 1. The zero-order valence-corrected chi connectivity index (χ0v) is 39.4. The molecule has 17 heteroatoms. The van der Waals surface area contributed by atoms with Crippen LogP contribution in [-0.2, 0) is 57.1 Å². The van der Waals surface area contributed by atoms with Gasteiger partial charge in [0.1, 0.15) is 23.9 Å². The summed E-state index contributed by atoms with van der Waals surface area (Å²) in [7, 11) is 1.29. The molecule has 1 saturated heterocycles. The number of carbonyl (C=O) groups is 7. The van der Waals surface area contributed by atoms with E-state index < -0.39 is 124 Å². The molecular formula is C52H57NO16. The lowest BCUT2D eigenvalue weighted by Crippen LogP contribution is -2.82. The Bertz CT molecular complexity index is 2560. The molecule has 1 aliphatic heterocycles. The number of aliphatic hydroxyl groups is 2. The number of aliphatic hydroxyl groups excluding tert-OH is 1. The first-order valence-corrected chi connectivity index (χ1v) is 22.9. The van der Waals surface area contributed by atoms with Crippen LogP contribution in [0, 0.1) is 16.7 Å². The van der Waals surface area contributed by atoms with Gasteiger partial charge in [-0.25, -0.2) is 14.4 Å². The van der Waals surface area contributed by atoms with Crippen LogP contribution >= 0.6 is 0 Å². The summed E-state index contributed by atoms with van der Waals surface area (Å²) in [6.45, 7) is 7.94. The van der Waals surface area contributed by atoms with Crippen molar-refractivity contribution in [3.63, 3.8) is 0 Å². The number of esters is 5. The Morgan fingerprint density at radius 2 is 1.39 bits per heavy atom. The number of benzene rings is 3. The number of Topliss-reactive ketones (excluding diaryl/α,β-unsaturated/α-hetero) is 1. The smallest absolute Gasteiger partial charge is 0.350 e. The summed E-state index contributed by atoms with van der Waals surface area (Å²) < 4.78 is 42.4. The molecule has 4 aliphatic carbocycles. The number of carbonyl (C=O) groups excluding carboxylic acids is 7. The van der Waals surface area contributed by atoms with E-state index >= 15 is 9.59 Å². The van der Waals surface area contributed by atoms with Crippen molar-refractivity contribution in [1.29, 1.82) is 0 Å². The summed E-state index contributed by atoms with van der Waals surface area (Å²) in [6, 6.07) is 24.4. The lowest BCUT2D eigenvalue weighted by molar-refractivity contribution is -0.346. The number of fused-ring (bicyclic) bond motifs is 5. The Morgan fingerprint density at radius 1 is 0.797 bits per heavy atom. The molecule has 3 N–H and O–H groups in total. The van der Waals surface area contributed by atoms with E-state index in [4.69, 9.17) is 33.2 Å². The first-order chi connectivity index (χ1) is 32.6. The highest BCUT2D eigenvalue weighted by Crippen LogP contribution is 2.64. The molecule has 2 bridgehead atoms. The highest BCUT2D eigenvalue weighted by molar-refractivity contribution is 5.97. The predicted molar refractivity (Wildman–Crippen MR) is 241 cm³/mol. The van der Waals surface area contributed by atoms with Crippen molar-refractivity contribution in [2.45, 2.75) is 127 Å². The zero-order chi connectivity index (χ0) is 49.8. The molecule has 69 heavy (non-hydrogen) atoms. The summed E-state index contributed by atoms with van der Waals surface area (Å²) in [4.78, 5) is 99.4. The zero-order valence-electron chi connectivity index (χ0n) is 39.4. The third-order valence-electron chi connectivity index (χ3n) is 15.1. The van der Waals surface area contributed by atoms with Crippen LogP contribution < -0.4 is 5.32 Å². The fraction of sp³-hybridized carbons (Fsp3) is 0.481. The van der Waals surface area contributed by atoms with Gasteiger partial charge in [-0.3, -0.25) is 19.2 Å². The van der Waals surface area contributed by atoms with E-state index in [2.05, 4.69) is 5.32 Å². The van der Waals surface area contributed by atoms with Gasteiger partial charge in [0.25, 0.3) is 5.91 Å². The van der Waals surface area contributed by atoms with Crippen LogP contribution in [0.25, 0.3) is 0 Å². The number of ketones is 1. The van der Waals surface area contributed by atoms with Crippen LogP contribution in [0.15, 0.2) is 102 Å². The van der Waals surface area contributed by atoms with E-state index in [1.165, 1.54) is 33.1 Å². The number of nitrogens with one attached hydrogen (secondary N) is 1. The van der Waals surface area contributed by atoms with Crippen molar-refractivity contribution >= 4 is 41.5 Å². The molecule has 1 heterocycles. The van der Waals surface area contributed by atoms with Gasteiger partial charge in [0.2, 0.25) is 6.10 Å². The second-order valence-corrected chi connectivity index (χ2v) is 19.5. The molecular weight excluding hydrogens is 895 g/mol. The van der Waals surface area contributed by atoms with Crippen LogP contribution in [-0.4, -0.2) is 119 Å². The fourth-order valence-corrected chi connectivity index (χ4v) is 11.3. The Labute approximate surface area is 398 Å². The molecule has 0 unspecified atom stereocenters. The van der Waals surface area contributed by atoms with E-state index in [1.54, 1.807) is 92.7 Å². The number of methoxy groups -OCH3 is 1. The highest BCUT2D eigenvalue weighted by Gasteiger charge is 2.78. The largest absolute Gasteiger partial charge is 0.455 e. The van der Waals surface area contributed by atoms with Gasteiger partial charge in [-0.1, -0.05) is 80.6 Å². The summed E-state index contributed by atoms with van der Waals surface area (Å²) in [5.74, 6) is -7.81. The average Bonchev–Trinajstić information content (AvgIpc) is 4.09. The average molecular weight is 952 g/mol. The van der Waals surface area contributed by atoms with Gasteiger partial charge in [-0.2, -0.15) is 0 Å². The van der Waals surface area contributed by atoms with Crippen molar-refractivity contribution in [3.05, 3.63) is 119 Å². The minimum absolute atomic E-state index is 0.0222. The van der Waals surface area contributed by atoms with Crippen LogP contribution in [0.4, 0.5) is 0 Å². The second kappa shape index (κ2) is 18.2. The molecule has 11 atom stereocenters. The Kier molecular flexibility index (Phi) is 13.0. The SMILES string of the molecule is CO[C@@H](C(=O)O[C@H](C(=O)O[C@H]1C[C@@]2(O)[C@@H](OC(=O)c3ccccc3)[C@@H]3[C@]4(OC(C)=O)CO[C@@H]4C[C@@H](O)[C@@]3(C)C(=O)[C@H](OC(C)=O)C(=C1C)C2(C)C)C1(NC(=O)c2ccccc2)CC1)c1ccccc1. The van der Waals surface area contributed by atoms with Crippen LogP contribution in [0.2, 0.25) is 0 Å². The quantitative estimate of drug-likeness (QED) is 0.122. The number of hydrogen-bond donors (Lipinski definition) is 3. The maximum Gasteiger partial charge on any atom is 0.350 e. The molecule has 17 nitrogen and oxygen atoms in total. The number of ether oxygens (including phenoxy) is 7. The monoisotopic (exact) mass is 951 g/mol. The number of rotatable bonds is 13. The molecule has 1 amide bonds. The third-order valence-corrected chi connectivity index (χ3v) is 15.1. The minimum Gasteiger partial charge on any atom is -0.455 e. The normalized spacial score (nSPS) is 31.3. The van der Waals surface area contributed by atoms with Crippen molar-refractivity contribution < 1.29 is 76.9 Å². The lowest BCUT2D eigenvalue weighted by Gasteiger charge is -2.67. The van der Waals surface area contributed by atoms with Gasteiger partial charge < -0.3 is 48.7 Å². The Balaban J connectivity index is 1.28. The first kappa shape index (κ1) is 49.2. The van der Waals surface area contributed by atoms with Gasteiger partial charge in [-0.15, -0.1) is 0 Å². The standard InChI is InChI=1S/C52H57NO16/c1-28-34(66-47(61)43(68-46(60)38(63-7)31-17-11-8-12-18-31)50(23-24-50)53-44(58)32-19-13-9-14-20-32)26-52(62)42(67-45(59)33-21-15-10-16-22-33)40-49(6,35(56)25-36-51(40,27-64-36)69-30(3)55)41(57)39(65-29(2)54)37(28)48(52,4)5/h8-22,34-36,38-40,42-43,56,62H,23-27H2,1-7H3,(H,53,58)/t34-,35+,36+,38+,39+,40-,42-,43+,49+,51-,52+/m0/s1. The summed E-state index contributed by atoms with van der Waals surface area (Å²) in [5, 5.41) is 29.0. The van der Waals surface area contributed by atoms with Crippen molar-refractivity contribution in [2.75, 3.05) is 13.7 Å². The second-order valence-electron chi connectivity index (χ2n) is 19.5. The summed E-state index contributed by atoms with van der Waals surface area (Å²) in [6.07, 6.45) is -11.5. The third kappa shape index (κ3) is 8.32. The predicted octanol–water partition coefficient (Wildman–Crippen LogP) is 4.47. The van der Waals surface area contributed by atoms with Gasteiger partial charge in [0.15, 0.2) is 23.6 Å². The van der Waals surface area contributed by atoms with Gasteiger partial charge in [0.05, 0.1) is 35.1 Å². The van der Waals surface area contributed by atoms with Crippen molar-refractivity contribution in [2.24, 2.45) is 16.7 Å². The van der Waals surface area contributed by atoms with E-state index in [0.29, 0.717) is 5.56 Å². The molecule has 0 radical (unpaired) electrons. The first-order valence-electron chi connectivity index (χ1n) is 22.9. The summed E-state index contributed by atoms with van der Waals surface area (Å²) >= 11 is 0. The maximum absolute atomic E-state index is 15.7. The molecule has 5 aliphatic rings. The van der Waals surface area contributed by atoms with E-state index in [-0.39, 0.29) is 48.1 Å². The molecule has 3 saturated carbocycles. The lowest BCUT2D eigenvalue weighted by atomic mass is 9.44. The van der Waals surface area contributed by atoms with E-state index in [1.807, 2.05) is 0 Å². The molecule has 366 valence electrons. The minimum atomic E-state index is -2.44. The Hall–Kier alpha value is -6.27. The molecule has 3 aromatic carbocycles. The topological polar surface area (TPSA) is 237 Å². The van der Waals surface area contributed by atoms with Crippen LogP contribution in [0.5, 0.6) is 0 Å².